The summed E-state index contributed by atoms with van der Waals surface area (Å²) in [7, 11) is 0. The molecule has 2 saturated heterocycles. The van der Waals surface area contributed by atoms with E-state index < -0.39 is 23.5 Å². The number of amides is 1. The lowest BCUT2D eigenvalue weighted by Gasteiger charge is -2.53. The molecule has 11 nitrogen and oxygen atoms in total. The summed E-state index contributed by atoms with van der Waals surface area (Å²) < 4.78 is 6.34. The van der Waals surface area contributed by atoms with Gasteiger partial charge in [0.15, 0.2) is 11.9 Å². The van der Waals surface area contributed by atoms with Gasteiger partial charge >= 0.3 is 5.97 Å². The summed E-state index contributed by atoms with van der Waals surface area (Å²) in [6, 6.07) is 18.6. The number of β-lactam (4-membered cyclic amide) rings is 1. The van der Waals surface area contributed by atoms with E-state index >= 15 is 0 Å². The summed E-state index contributed by atoms with van der Waals surface area (Å²) in [5.41, 5.74) is 10.2. The molecule has 2 aromatic carbocycles. The zero-order chi connectivity index (χ0) is 28.6. The molecule has 0 aromatic heterocycles. The number of carbonyl (C=O) groups excluding carboxylic acids is 2. The first kappa shape index (κ1) is 27.8. The molecule has 0 saturated carbocycles. The summed E-state index contributed by atoms with van der Waals surface area (Å²) in [4.78, 5) is 33.0. The van der Waals surface area contributed by atoms with Crippen LogP contribution in [0.3, 0.4) is 0 Å². The number of aliphatic hydroxyl groups excluding tert-OH is 2. The molecule has 2 fully saturated rings. The van der Waals surface area contributed by atoms with Gasteiger partial charge in [-0.2, -0.15) is 0 Å². The van der Waals surface area contributed by atoms with Crippen LogP contribution in [0.2, 0.25) is 0 Å². The molecule has 13 heteroatoms. The van der Waals surface area contributed by atoms with Crippen molar-refractivity contribution in [2.24, 2.45) is 16.1 Å². The van der Waals surface area contributed by atoms with E-state index in [4.69, 9.17) is 10.5 Å². The van der Waals surface area contributed by atoms with Gasteiger partial charge in [0, 0.05) is 18.1 Å². The van der Waals surface area contributed by atoms with Crippen LogP contribution in [0.5, 0.6) is 0 Å². The van der Waals surface area contributed by atoms with E-state index in [2.05, 4.69) is 10.5 Å². The van der Waals surface area contributed by atoms with Crippen LogP contribution < -0.4 is 11.3 Å². The third kappa shape index (κ3) is 5.25. The third-order valence-electron chi connectivity index (χ3n) is 7.36. The molecular weight excluding hydrogens is 564 g/mol. The van der Waals surface area contributed by atoms with E-state index in [1.165, 1.54) is 28.5 Å². The highest BCUT2D eigenvalue weighted by molar-refractivity contribution is 8.03. The molecule has 0 radical (unpaired) electrons. The van der Waals surface area contributed by atoms with Gasteiger partial charge in [-0.25, -0.2) is 10.0 Å². The van der Waals surface area contributed by atoms with Crippen molar-refractivity contribution in [1.82, 2.24) is 20.5 Å². The minimum Gasteiger partial charge on any atom is -0.452 e. The number of aliphatic imine (C=N–C) groups is 1. The number of nitrogens with two attached hydrogens (primary N) is 1. The summed E-state index contributed by atoms with van der Waals surface area (Å²) in [5, 5.41) is 23.0. The monoisotopic (exact) mass is 594 g/mol. The highest BCUT2D eigenvalue weighted by Gasteiger charge is 2.56. The number of hydrogen-bond donors (Lipinski definition) is 4. The molecular formula is C28H30N6O5S2. The largest absolute Gasteiger partial charge is 0.452 e. The second-order valence-corrected chi connectivity index (χ2v) is 12.2. The first-order valence-corrected chi connectivity index (χ1v) is 15.1. The maximum absolute atomic E-state index is 14.3. The molecule has 0 bridgehead atoms. The lowest BCUT2D eigenvalue weighted by atomic mass is 9.89. The van der Waals surface area contributed by atoms with Gasteiger partial charge in [0.2, 0.25) is 5.91 Å². The van der Waals surface area contributed by atoms with Crippen LogP contribution in [0.4, 0.5) is 0 Å². The highest BCUT2D eigenvalue weighted by Crippen LogP contribution is 2.46. The number of thioether (sulfide) groups is 2. The minimum absolute atomic E-state index is 0.164. The zero-order valence-corrected chi connectivity index (χ0v) is 23.6. The molecule has 4 heterocycles. The number of carbonyl (C=O) groups is 2. The van der Waals surface area contributed by atoms with Gasteiger partial charge < -0.3 is 25.6 Å². The van der Waals surface area contributed by atoms with Crippen LogP contribution in [-0.2, 0) is 14.3 Å². The molecule has 4 aliphatic heterocycles. The Kier molecular flexibility index (Phi) is 7.81. The fraction of sp³-hybridized carbons (Fsp3) is 0.321. The number of ether oxygens (including phenoxy) is 1. The van der Waals surface area contributed by atoms with Crippen LogP contribution in [0.25, 0.3) is 0 Å². The number of hydrogen-bond acceptors (Lipinski definition) is 12. The average Bonchev–Trinajstić information content (AvgIpc) is 3.46. The Morgan fingerprint density at radius 3 is 2.49 bits per heavy atom. The number of nitrogens with one attached hydrogen (secondary N) is 1. The number of esters is 1. The Labute approximate surface area is 245 Å². The van der Waals surface area contributed by atoms with Gasteiger partial charge in [-0.05, 0) is 17.2 Å². The Bertz CT molecular complexity index is 1370. The lowest BCUT2D eigenvalue weighted by Crippen LogP contribution is -2.72. The van der Waals surface area contributed by atoms with Crippen LogP contribution in [0, 0.1) is 5.41 Å². The molecule has 2 unspecified atom stereocenters. The van der Waals surface area contributed by atoms with Crippen LogP contribution in [0.1, 0.15) is 17.2 Å². The van der Waals surface area contributed by atoms with Crippen molar-refractivity contribution in [3.63, 3.8) is 0 Å². The third-order valence-corrected chi connectivity index (χ3v) is 10.3. The number of aliphatic hydroxyl groups is 2. The van der Waals surface area contributed by atoms with Crippen molar-refractivity contribution >= 4 is 41.1 Å². The summed E-state index contributed by atoms with van der Waals surface area (Å²) >= 11 is 2.88. The quantitative estimate of drug-likeness (QED) is 0.247. The first-order valence-electron chi connectivity index (χ1n) is 13.1. The van der Waals surface area contributed by atoms with E-state index in [0.717, 1.165) is 11.1 Å². The molecule has 1 amide bonds. The first-order chi connectivity index (χ1) is 19.9. The second kappa shape index (κ2) is 11.5. The van der Waals surface area contributed by atoms with Gasteiger partial charge in [-0.3, -0.25) is 14.6 Å². The number of nitrogens with zero attached hydrogens (tertiary/aromatic N) is 4. The van der Waals surface area contributed by atoms with E-state index in [1.54, 1.807) is 22.2 Å². The molecule has 6 rings (SSSR count). The summed E-state index contributed by atoms with van der Waals surface area (Å²) in [6.45, 7) is -0.366. The van der Waals surface area contributed by atoms with Crippen molar-refractivity contribution in [3.8, 4) is 0 Å². The summed E-state index contributed by atoms with van der Waals surface area (Å²) in [6.07, 6.45) is 2.73. The van der Waals surface area contributed by atoms with Crippen molar-refractivity contribution < 1.29 is 24.5 Å². The molecule has 2 aromatic rings. The standard InChI is InChI=1S/C28H30N6O5S2/c29-23-25(37)33-14-28(16-41-26(23)33,15-40-22-11-20(13-35)30-21-12-32(17-36)31-34(21)22)27(38)39-24(18-7-3-1-4-8-18)19-9-5-2-6-10-19/h1-12,23-24,26,31,35-36H,13-17,29H2/t23?,26-,28?/m1/s1. The fourth-order valence-electron chi connectivity index (χ4n) is 5.12. The number of hydrazine groups is 2. The second-order valence-electron chi connectivity index (χ2n) is 10.1. The van der Waals surface area contributed by atoms with Crippen LogP contribution in [-0.4, -0.2) is 85.5 Å². The normalized spacial score (nSPS) is 25.2. The van der Waals surface area contributed by atoms with Gasteiger partial charge in [-0.1, -0.05) is 60.7 Å². The molecule has 214 valence electrons. The van der Waals surface area contributed by atoms with Gasteiger partial charge in [0.05, 0.1) is 23.5 Å². The maximum atomic E-state index is 14.3. The minimum atomic E-state index is -1.04. The molecule has 0 spiro atoms. The predicted octanol–water partition coefficient (Wildman–Crippen LogP) is 1.36. The van der Waals surface area contributed by atoms with Crippen molar-refractivity contribution in [2.45, 2.75) is 17.5 Å². The summed E-state index contributed by atoms with van der Waals surface area (Å²) in [5.74, 6) is 0.625. The van der Waals surface area contributed by atoms with Gasteiger partial charge in [0.25, 0.3) is 0 Å². The van der Waals surface area contributed by atoms with Crippen LogP contribution in [0.15, 0.2) is 88.8 Å². The number of rotatable bonds is 9. The molecule has 4 aliphatic rings. The van der Waals surface area contributed by atoms with Gasteiger partial charge in [0.1, 0.15) is 23.6 Å². The smallest absolute Gasteiger partial charge is 0.316 e. The molecule has 0 aliphatic carbocycles. The molecule has 41 heavy (non-hydrogen) atoms. The maximum Gasteiger partial charge on any atom is 0.316 e. The van der Waals surface area contributed by atoms with E-state index in [0.29, 0.717) is 22.3 Å². The van der Waals surface area contributed by atoms with Crippen molar-refractivity contribution in [3.05, 3.63) is 94.9 Å². The Hall–Kier alpha value is -3.33. The Morgan fingerprint density at radius 2 is 1.85 bits per heavy atom. The van der Waals surface area contributed by atoms with Crippen molar-refractivity contribution in [1.29, 1.82) is 0 Å². The van der Waals surface area contributed by atoms with E-state index in [9.17, 15) is 19.8 Å². The van der Waals surface area contributed by atoms with E-state index in [-0.39, 0.29) is 36.9 Å². The topological polar surface area (TPSA) is 144 Å². The Morgan fingerprint density at radius 1 is 1.17 bits per heavy atom. The number of benzene rings is 2. The lowest BCUT2D eigenvalue weighted by molar-refractivity contribution is -0.163. The Balaban J connectivity index is 1.29. The van der Waals surface area contributed by atoms with Crippen LogP contribution >= 0.6 is 23.5 Å². The SMILES string of the molecule is NC1C(=O)N2CC(CSC3=CC(CO)=NC4=CN(CO)NN43)(C(=O)OC(c3ccccc3)c3ccccc3)CS[C@H]12. The number of fused-ring (bicyclic) bond motifs is 2. The molecule has 5 N–H and O–H groups in total. The van der Waals surface area contributed by atoms with E-state index in [1.807, 2.05) is 60.7 Å². The van der Waals surface area contributed by atoms with Crippen molar-refractivity contribution in [2.75, 3.05) is 31.4 Å². The highest BCUT2D eigenvalue weighted by atomic mass is 32.2. The molecule has 3 atom stereocenters. The fourth-order valence-corrected chi connectivity index (χ4v) is 7.95. The van der Waals surface area contributed by atoms with Gasteiger partial charge in [-0.15, -0.1) is 29.1 Å². The average molecular weight is 595 g/mol. The predicted molar refractivity (Wildman–Crippen MR) is 156 cm³/mol. The zero-order valence-electron chi connectivity index (χ0n) is 22.0.